The van der Waals surface area contributed by atoms with Gasteiger partial charge in [0.25, 0.3) is 0 Å². The predicted octanol–water partition coefficient (Wildman–Crippen LogP) is 2.73. The Labute approximate surface area is 60.3 Å². The van der Waals surface area contributed by atoms with E-state index in [0.717, 1.165) is 6.07 Å². The number of halogens is 2. The highest BCUT2D eigenvalue weighted by molar-refractivity contribution is 9.10. The van der Waals surface area contributed by atoms with Gasteiger partial charge in [0.2, 0.25) is 0 Å². The second-order valence-electron chi connectivity index (χ2n) is 1.58. The Morgan fingerprint density at radius 1 is 1.44 bits per heavy atom. The van der Waals surface area contributed by atoms with Crippen LogP contribution in [0.3, 0.4) is 0 Å². The minimum absolute atomic E-state index is 0.191. The van der Waals surface area contributed by atoms with Crippen LogP contribution in [0.2, 0.25) is 0 Å². The molecule has 0 aliphatic carbocycles. The smallest absolute Gasteiger partial charge is 0.179 e. The van der Waals surface area contributed by atoms with Crippen LogP contribution in [0, 0.1) is 5.82 Å². The Morgan fingerprint density at radius 2 is 2.11 bits per heavy atom. The van der Waals surface area contributed by atoms with E-state index >= 15 is 0 Å². The van der Waals surface area contributed by atoms with Gasteiger partial charge in [0.05, 0.1) is 4.47 Å². The SMILES string of the molecule is [O]c1ccc(F)c(Br)c1. The van der Waals surface area contributed by atoms with Gasteiger partial charge in [-0.1, -0.05) is 0 Å². The molecule has 3 heteroatoms. The largest absolute Gasteiger partial charge is 0.290 e. The average molecular weight is 190 g/mol. The molecule has 0 N–H and O–H groups in total. The van der Waals surface area contributed by atoms with E-state index in [0.29, 0.717) is 0 Å². The molecule has 0 saturated carbocycles. The van der Waals surface area contributed by atoms with Crippen molar-refractivity contribution in [2.45, 2.75) is 0 Å². The molecule has 0 bridgehead atoms. The van der Waals surface area contributed by atoms with Crippen LogP contribution in [0.5, 0.6) is 5.75 Å². The van der Waals surface area contributed by atoms with Crippen LogP contribution in [-0.4, -0.2) is 0 Å². The highest BCUT2D eigenvalue weighted by Crippen LogP contribution is 2.20. The minimum atomic E-state index is -0.408. The van der Waals surface area contributed by atoms with Crippen molar-refractivity contribution in [1.29, 1.82) is 0 Å². The molecule has 1 nitrogen and oxygen atoms in total. The van der Waals surface area contributed by atoms with Crippen LogP contribution in [0.15, 0.2) is 22.7 Å². The molecule has 0 unspecified atom stereocenters. The van der Waals surface area contributed by atoms with Crippen molar-refractivity contribution in [2.75, 3.05) is 0 Å². The van der Waals surface area contributed by atoms with Gasteiger partial charge in [0.15, 0.2) is 5.75 Å². The molecule has 0 atom stereocenters. The summed E-state index contributed by atoms with van der Waals surface area (Å²) in [7, 11) is 0. The van der Waals surface area contributed by atoms with Crippen LogP contribution in [0.25, 0.3) is 0 Å². The van der Waals surface area contributed by atoms with Gasteiger partial charge in [-0.25, -0.2) is 4.39 Å². The van der Waals surface area contributed by atoms with E-state index < -0.39 is 5.82 Å². The third-order valence-electron chi connectivity index (χ3n) is 0.891. The van der Waals surface area contributed by atoms with Crippen molar-refractivity contribution in [3.8, 4) is 5.75 Å². The zero-order valence-electron chi connectivity index (χ0n) is 4.40. The van der Waals surface area contributed by atoms with Crippen molar-refractivity contribution in [3.63, 3.8) is 0 Å². The topological polar surface area (TPSA) is 19.9 Å². The summed E-state index contributed by atoms with van der Waals surface area (Å²) < 4.78 is 12.5. The summed E-state index contributed by atoms with van der Waals surface area (Å²) in [4.78, 5) is 0. The van der Waals surface area contributed by atoms with Gasteiger partial charge < -0.3 is 0 Å². The van der Waals surface area contributed by atoms with Gasteiger partial charge >= 0.3 is 0 Å². The monoisotopic (exact) mass is 189 g/mol. The third kappa shape index (κ3) is 1.42. The fourth-order valence-corrected chi connectivity index (χ4v) is 0.835. The lowest BCUT2D eigenvalue weighted by Crippen LogP contribution is -1.72. The molecule has 0 heterocycles. The molecule has 1 aromatic carbocycles. The summed E-state index contributed by atoms with van der Waals surface area (Å²) in [5, 5.41) is 10.4. The van der Waals surface area contributed by atoms with Crippen molar-refractivity contribution in [1.82, 2.24) is 0 Å². The highest BCUT2D eigenvalue weighted by atomic mass is 79.9. The van der Waals surface area contributed by atoms with Gasteiger partial charge in [-0.05, 0) is 28.1 Å². The van der Waals surface area contributed by atoms with E-state index in [2.05, 4.69) is 15.9 Å². The second-order valence-corrected chi connectivity index (χ2v) is 2.43. The fraction of sp³-hybridized carbons (Fsp3) is 0. The van der Waals surface area contributed by atoms with Crippen LogP contribution >= 0.6 is 15.9 Å². The number of hydrogen-bond donors (Lipinski definition) is 0. The van der Waals surface area contributed by atoms with E-state index in [1.807, 2.05) is 0 Å². The van der Waals surface area contributed by atoms with Crippen LogP contribution < -0.4 is 0 Å². The molecule has 0 fully saturated rings. The van der Waals surface area contributed by atoms with Crippen LogP contribution in [-0.2, 0) is 5.11 Å². The van der Waals surface area contributed by atoms with Crippen molar-refractivity contribution in [2.24, 2.45) is 0 Å². The van der Waals surface area contributed by atoms with Crippen LogP contribution in [0.4, 0.5) is 4.39 Å². The molecule has 1 radical (unpaired) electrons. The minimum Gasteiger partial charge on any atom is -0.290 e. The first-order valence-corrected chi connectivity index (χ1v) is 3.11. The highest BCUT2D eigenvalue weighted by Gasteiger charge is 1.98. The molecule has 0 spiro atoms. The first-order valence-electron chi connectivity index (χ1n) is 2.32. The zero-order chi connectivity index (χ0) is 6.85. The molecular weight excluding hydrogens is 187 g/mol. The lowest BCUT2D eigenvalue weighted by molar-refractivity contribution is 0.353. The summed E-state index contributed by atoms with van der Waals surface area (Å²) in [6.45, 7) is 0. The first-order chi connectivity index (χ1) is 4.20. The van der Waals surface area contributed by atoms with Gasteiger partial charge in [-0.15, -0.1) is 0 Å². The number of rotatable bonds is 0. The summed E-state index contributed by atoms with van der Waals surface area (Å²) in [5.74, 6) is -0.599. The Morgan fingerprint density at radius 3 is 2.56 bits per heavy atom. The van der Waals surface area contributed by atoms with Crippen molar-refractivity contribution >= 4 is 15.9 Å². The summed E-state index contributed by atoms with van der Waals surface area (Å²) in [6.07, 6.45) is 0. The maximum atomic E-state index is 12.3. The second kappa shape index (κ2) is 2.35. The molecular formula is C6H3BrFO. The quantitative estimate of drug-likeness (QED) is 0.599. The molecule has 0 aliphatic rings. The predicted molar refractivity (Wildman–Crippen MR) is 34.2 cm³/mol. The summed E-state index contributed by atoms with van der Waals surface area (Å²) in [6, 6.07) is 3.50. The molecule has 0 saturated heterocycles. The van der Waals surface area contributed by atoms with E-state index in [1.54, 1.807) is 0 Å². The molecule has 9 heavy (non-hydrogen) atoms. The molecule has 0 aromatic heterocycles. The fourth-order valence-electron chi connectivity index (χ4n) is 0.477. The maximum Gasteiger partial charge on any atom is 0.179 e. The van der Waals surface area contributed by atoms with Crippen LogP contribution in [0.1, 0.15) is 0 Å². The lowest BCUT2D eigenvalue weighted by atomic mass is 10.3. The Bertz CT molecular complexity index is 224. The van der Waals surface area contributed by atoms with Crippen molar-refractivity contribution in [3.05, 3.63) is 28.5 Å². The zero-order valence-corrected chi connectivity index (χ0v) is 5.98. The van der Waals surface area contributed by atoms with Gasteiger partial charge in [-0.2, -0.15) is 0 Å². The van der Waals surface area contributed by atoms with E-state index in [-0.39, 0.29) is 10.2 Å². The van der Waals surface area contributed by atoms with E-state index in [9.17, 15) is 9.50 Å². The Hall–Kier alpha value is -0.570. The molecule has 0 aliphatic heterocycles. The summed E-state index contributed by atoms with van der Waals surface area (Å²) >= 11 is 2.87. The van der Waals surface area contributed by atoms with Gasteiger partial charge in [0.1, 0.15) is 5.82 Å². The molecule has 0 amide bonds. The van der Waals surface area contributed by atoms with E-state index in [1.165, 1.54) is 12.1 Å². The average Bonchev–Trinajstić information content (AvgIpc) is 1.80. The molecule has 1 aromatic rings. The Balaban J connectivity index is 3.17. The number of hydrogen-bond acceptors (Lipinski definition) is 0. The Kier molecular flexibility index (Phi) is 1.71. The first kappa shape index (κ1) is 6.55. The normalized spacial score (nSPS) is 9.56. The maximum absolute atomic E-state index is 12.3. The molecule has 47 valence electrons. The number of benzene rings is 1. The third-order valence-corrected chi connectivity index (χ3v) is 1.50. The molecule has 1 rings (SSSR count). The lowest BCUT2D eigenvalue weighted by Gasteiger charge is -1.90. The van der Waals surface area contributed by atoms with Crippen molar-refractivity contribution < 1.29 is 9.50 Å². The van der Waals surface area contributed by atoms with Gasteiger partial charge in [-0.3, -0.25) is 5.11 Å². The van der Waals surface area contributed by atoms with Gasteiger partial charge in [0, 0.05) is 6.07 Å². The van der Waals surface area contributed by atoms with E-state index in [4.69, 9.17) is 0 Å². The summed E-state index contributed by atoms with van der Waals surface area (Å²) in [5.41, 5.74) is 0. The standard InChI is InChI=1S/C6H3BrFO/c7-5-3-4(9)1-2-6(5)8/h1-3H.